The topological polar surface area (TPSA) is 99.3 Å². The van der Waals surface area contributed by atoms with E-state index in [1.54, 1.807) is 31.4 Å². The summed E-state index contributed by atoms with van der Waals surface area (Å²) in [5, 5.41) is 8.90. The van der Waals surface area contributed by atoms with Crippen LogP contribution in [0.2, 0.25) is 0 Å². The Bertz CT molecular complexity index is 1870. The molecule has 3 aromatic carbocycles. The van der Waals surface area contributed by atoms with Crippen molar-refractivity contribution in [1.82, 2.24) is 14.5 Å². The van der Waals surface area contributed by atoms with Crippen LogP contribution in [0.25, 0.3) is 22.3 Å². The standard InChI is InChI=1S/C32H25F3N4O4/c1-41-12-11-39-29-16-21(32(40)42-2)6-9-28(29)37-30(39)15-19-4-7-23(26(35)13-19)27-10-8-24(33)31(38-27)43-18-22-5-3-20(17-36)14-25(22)34/h3-10,13-14,16H,11-12,15,18H2,1-2H3. The van der Waals surface area contributed by atoms with Crippen molar-refractivity contribution < 1.29 is 32.2 Å². The minimum absolute atomic E-state index is 0.110. The summed E-state index contributed by atoms with van der Waals surface area (Å²) in [6.45, 7) is 0.520. The van der Waals surface area contributed by atoms with Gasteiger partial charge in [0.2, 0.25) is 0 Å². The summed E-state index contributed by atoms with van der Waals surface area (Å²) in [5.74, 6) is -2.29. The second-order valence-corrected chi connectivity index (χ2v) is 9.55. The maximum absolute atomic E-state index is 15.4. The summed E-state index contributed by atoms with van der Waals surface area (Å²) in [5.41, 5.74) is 2.89. The van der Waals surface area contributed by atoms with E-state index in [0.717, 1.165) is 17.6 Å². The number of halogens is 3. The Hall–Kier alpha value is -5.21. The van der Waals surface area contributed by atoms with Gasteiger partial charge in [-0.3, -0.25) is 0 Å². The number of hydrogen-bond acceptors (Lipinski definition) is 7. The molecule has 5 aromatic rings. The third-order valence-corrected chi connectivity index (χ3v) is 6.80. The first-order valence-corrected chi connectivity index (χ1v) is 13.1. The molecule has 0 radical (unpaired) electrons. The predicted octanol–water partition coefficient (Wildman–Crippen LogP) is 5.99. The van der Waals surface area contributed by atoms with Crippen LogP contribution in [0.4, 0.5) is 13.2 Å². The number of nitrogens with zero attached hydrogens (tertiary/aromatic N) is 4. The third kappa shape index (κ3) is 6.34. The summed E-state index contributed by atoms with van der Waals surface area (Å²) in [6.07, 6.45) is 0.282. The highest BCUT2D eigenvalue weighted by Gasteiger charge is 2.17. The molecule has 0 N–H and O–H groups in total. The Morgan fingerprint density at radius 1 is 0.930 bits per heavy atom. The fourth-order valence-corrected chi connectivity index (χ4v) is 4.60. The predicted molar refractivity (Wildman–Crippen MR) is 151 cm³/mol. The lowest BCUT2D eigenvalue weighted by Gasteiger charge is -2.11. The van der Waals surface area contributed by atoms with Crippen molar-refractivity contribution in [3.63, 3.8) is 0 Å². The van der Waals surface area contributed by atoms with Crippen molar-refractivity contribution in [2.75, 3.05) is 20.8 Å². The third-order valence-electron chi connectivity index (χ3n) is 6.80. The quantitative estimate of drug-likeness (QED) is 0.185. The molecule has 11 heteroatoms. The monoisotopic (exact) mass is 586 g/mol. The van der Waals surface area contributed by atoms with E-state index in [1.807, 2.05) is 10.6 Å². The number of methoxy groups -OCH3 is 2. The molecule has 0 unspecified atom stereocenters. The van der Waals surface area contributed by atoms with Gasteiger partial charge in [-0.05, 0) is 60.2 Å². The van der Waals surface area contributed by atoms with E-state index in [9.17, 15) is 13.6 Å². The number of fused-ring (bicyclic) bond motifs is 1. The maximum atomic E-state index is 15.4. The van der Waals surface area contributed by atoms with Crippen LogP contribution in [-0.2, 0) is 29.0 Å². The van der Waals surface area contributed by atoms with Crippen molar-refractivity contribution in [1.29, 1.82) is 5.26 Å². The van der Waals surface area contributed by atoms with Gasteiger partial charge in [0.05, 0.1) is 47.6 Å². The van der Waals surface area contributed by atoms with Crippen molar-refractivity contribution in [3.05, 3.63) is 112 Å². The Kier molecular flexibility index (Phi) is 8.69. The van der Waals surface area contributed by atoms with Gasteiger partial charge in [0, 0.05) is 31.2 Å². The SMILES string of the molecule is COCCn1c(Cc2ccc(-c3ccc(F)c(OCc4ccc(C#N)cc4F)n3)c(F)c2)nc2ccc(C(=O)OC)cc21. The van der Waals surface area contributed by atoms with Crippen LogP contribution in [0, 0.1) is 28.8 Å². The Labute approximate surface area is 244 Å². The van der Waals surface area contributed by atoms with E-state index in [-0.39, 0.29) is 35.4 Å². The number of pyridine rings is 1. The van der Waals surface area contributed by atoms with E-state index in [1.165, 1.54) is 37.4 Å². The summed E-state index contributed by atoms with van der Waals surface area (Å²) >= 11 is 0. The van der Waals surface area contributed by atoms with Gasteiger partial charge in [-0.25, -0.2) is 27.9 Å². The summed E-state index contributed by atoms with van der Waals surface area (Å²) < 4.78 is 61.5. The molecule has 0 spiro atoms. The van der Waals surface area contributed by atoms with Crippen molar-refractivity contribution >= 4 is 17.0 Å². The molecule has 0 aliphatic carbocycles. The number of carbonyl (C=O) groups excluding carboxylic acids is 1. The lowest BCUT2D eigenvalue weighted by atomic mass is 10.1. The summed E-state index contributed by atoms with van der Waals surface area (Å²) in [4.78, 5) is 20.9. The van der Waals surface area contributed by atoms with Crippen LogP contribution in [-0.4, -0.2) is 41.3 Å². The van der Waals surface area contributed by atoms with Crippen LogP contribution in [0.5, 0.6) is 5.88 Å². The van der Waals surface area contributed by atoms with Crippen LogP contribution in [0.15, 0.2) is 66.7 Å². The minimum Gasteiger partial charge on any atom is -0.471 e. The lowest BCUT2D eigenvalue weighted by molar-refractivity contribution is 0.0601. The lowest BCUT2D eigenvalue weighted by Crippen LogP contribution is -2.09. The fraction of sp³-hybridized carbons (Fsp3) is 0.188. The molecule has 0 saturated carbocycles. The molecular formula is C32H25F3N4O4. The zero-order chi connectivity index (χ0) is 30.5. The molecule has 0 amide bonds. The average molecular weight is 587 g/mol. The van der Waals surface area contributed by atoms with Crippen LogP contribution in [0.3, 0.4) is 0 Å². The van der Waals surface area contributed by atoms with Gasteiger partial charge in [-0.15, -0.1) is 0 Å². The number of aromatic nitrogens is 3. The van der Waals surface area contributed by atoms with E-state index in [0.29, 0.717) is 35.6 Å². The number of ether oxygens (including phenoxy) is 3. The summed E-state index contributed by atoms with van der Waals surface area (Å²) in [7, 11) is 2.89. The van der Waals surface area contributed by atoms with E-state index in [4.69, 9.17) is 24.5 Å². The number of imidazole rings is 1. The number of hydrogen-bond donors (Lipinski definition) is 0. The van der Waals surface area contributed by atoms with Crippen molar-refractivity contribution in [3.8, 4) is 23.2 Å². The van der Waals surface area contributed by atoms with Gasteiger partial charge < -0.3 is 18.8 Å². The van der Waals surface area contributed by atoms with E-state index < -0.39 is 29.3 Å². The first kappa shape index (κ1) is 29.3. The first-order valence-electron chi connectivity index (χ1n) is 13.1. The van der Waals surface area contributed by atoms with Gasteiger partial charge in [0.15, 0.2) is 5.82 Å². The smallest absolute Gasteiger partial charge is 0.337 e. The molecule has 43 heavy (non-hydrogen) atoms. The highest BCUT2D eigenvalue weighted by molar-refractivity contribution is 5.93. The molecule has 0 bridgehead atoms. The van der Waals surface area contributed by atoms with Crippen LogP contribution < -0.4 is 4.74 Å². The molecule has 0 saturated heterocycles. The molecular weight excluding hydrogens is 561 g/mol. The van der Waals surface area contributed by atoms with Gasteiger partial charge in [-0.2, -0.15) is 5.26 Å². The molecule has 0 fully saturated rings. The second-order valence-electron chi connectivity index (χ2n) is 9.55. The van der Waals surface area contributed by atoms with E-state index in [2.05, 4.69) is 4.98 Å². The van der Waals surface area contributed by atoms with Crippen molar-refractivity contribution in [2.24, 2.45) is 0 Å². The molecule has 0 atom stereocenters. The number of nitriles is 1. The maximum Gasteiger partial charge on any atom is 0.337 e. The zero-order valence-corrected chi connectivity index (χ0v) is 23.2. The number of carbonyl (C=O) groups is 1. The minimum atomic E-state index is -0.792. The highest BCUT2D eigenvalue weighted by atomic mass is 19.1. The largest absolute Gasteiger partial charge is 0.471 e. The normalized spacial score (nSPS) is 11.0. The van der Waals surface area contributed by atoms with Crippen LogP contribution >= 0.6 is 0 Å². The van der Waals surface area contributed by atoms with E-state index >= 15 is 4.39 Å². The van der Waals surface area contributed by atoms with Gasteiger partial charge in [-0.1, -0.05) is 12.1 Å². The highest BCUT2D eigenvalue weighted by Crippen LogP contribution is 2.28. The molecule has 5 rings (SSSR count). The first-order chi connectivity index (χ1) is 20.8. The zero-order valence-electron chi connectivity index (χ0n) is 23.2. The van der Waals surface area contributed by atoms with Crippen molar-refractivity contribution in [2.45, 2.75) is 19.6 Å². The van der Waals surface area contributed by atoms with Gasteiger partial charge in [0.25, 0.3) is 5.88 Å². The van der Waals surface area contributed by atoms with Crippen LogP contribution in [0.1, 0.15) is 32.9 Å². The number of rotatable bonds is 10. The van der Waals surface area contributed by atoms with Gasteiger partial charge >= 0.3 is 5.97 Å². The molecule has 0 aliphatic heterocycles. The Balaban J connectivity index is 1.39. The van der Waals surface area contributed by atoms with Gasteiger partial charge in [0.1, 0.15) is 24.1 Å². The molecule has 2 aromatic heterocycles. The average Bonchev–Trinajstić information content (AvgIpc) is 3.35. The fourth-order valence-electron chi connectivity index (χ4n) is 4.60. The number of benzene rings is 3. The second kappa shape index (κ2) is 12.8. The Morgan fingerprint density at radius 3 is 2.49 bits per heavy atom. The molecule has 0 aliphatic rings. The number of esters is 1. The molecule has 218 valence electrons. The Morgan fingerprint density at radius 2 is 1.77 bits per heavy atom. The molecule has 8 nitrogen and oxygen atoms in total. The molecule has 2 heterocycles. The summed E-state index contributed by atoms with van der Waals surface area (Å²) in [6, 6.07) is 17.8.